The van der Waals surface area contributed by atoms with E-state index in [1.54, 1.807) is 31.2 Å². The number of carboxylic acids is 1. The summed E-state index contributed by atoms with van der Waals surface area (Å²) in [6.07, 6.45) is 1.26. The van der Waals surface area contributed by atoms with Crippen LogP contribution in [0.5, 0.6) is 11.5 Å². The van der Waals surface area contributed by atoms with E-state index in [9.17, 15) is 4.79 Å². The second kappa shape index (κ2) is 5.41. The molecule has 0 atom stereocenters. The first-order chi connectivity index (χ1) is 9.51. The highest BCUT2D eigenvalue weighted by Gasteiger charge is 2.14. The van der Waals surface area contributed by atoms with Gasteiger partial charge >= 0.3 is 5.97 Å². The largest absolute Gasteiger partial charge is 0.477 e. The number of pyridine rings is 1. The van der Waals surface area contributed by atoms with Gasteiger partial charge in [-0.3, -0.25) is 4.98 Å². The first-order valence-electron chi connectivity index (χ1n) is 5.90. The van der Waals surface area contributed by atoms with Crippen LogP contribution in [-0.2, 0) is 0 Å². The number of carboxylic acid groups (broad SMARTS) is 1. The standard InChI is InChI=1S/C15H12N2O3/c1-9-3-4-11(7-16)6-13(9)20-14-5-10(2)17-8-12(14)15(18)19/h3-6,8H,1-2H3,(H,18,19). The number of nitrogens with zero attached hydrogens (tertiary/aromatic N) is 2. The Bertz CT molecular complexity index is 718. The predicted molar refractivity (Wildman–Crippen MR) is 71.9 cm³/mol. The van der Waals surface area contributed by atoms with Crippen LogP contribution >= 0.6 is 0 Å². The van der Waals surface area contributed by atoms with E-state index in [0.29, 0.717) is 17.0 Å². The number of aromatic nitrogens is 1. The number of ether oxygens (including phenoxy) is 1. The molecule has 100 valence electrons. The molecule has 5 heteroatoms. The number of hydrogen-bond acceptors (Lipinski definition) is 4. The number of nitriles is 1. The summed E-state index contributed by atoms with van der Waals surface area (Å²) in [6.45, 7) is 3.57. The van der Waals surface area contributed by atoms with Gasteiger partial charge in [-0.2, -0.15) is 5.26 Å². The summed E-state index contributed by atoms with van der Waals surface area (Å²) in [6, 6.07) is 8.59. The summed E-state index contributed by atoms with van der Waals surface area (Å²) in [5.41, 5.74) is 1.90. The maximum absolute atomic E-state index is 11.2. The van der Waals surface area contributed by atoms with Crippen LogP contribution in [0, 0.1) is 25.2 Å². The Morgan fingerprint density at radius 3 is 2.70 bits per heavy atom. The summed E-state index contributed by atoms with van der Waals surface area (Å²) in [7, 11) is 0. The molecular formula is C15H12N2O3. The minimum atomic E-state index is -1.11. The van der Waals surface area contributed by atoms with E-state index in [0.717, 1.165) is 5.56 Å². The van der Waals surface area contributed by atoms with Crippen molar-refractivity contribution in [3.8, 4) is 17.6 Å². The maximum atomic E-state index is 11.2. The van der Waals surface area contributed by atoms with Crippen molar-refractivity contribution >= 4 is 5.97 Å². The van der Waals surface area contributed by atoms with Crippen molar-refractivity contribution in [3.05, 3.63) is 52.8 Å². The highest BCUT2D eigenvalue weighted by molar-refractivity contribution is 5.90. The predicted octanol–water partition coefficient (Wildman–Crippen LogP) is 3.06. The molecule has 5 nitrogen and oxygen atoms in total. The first-order valence-corrected chi connectivity index (χ1v) is 5.90. The lowest BCUT2D eigenvalue weighted by Crippen LogP contribution is -2.02. The molecule has 20 heavy (non-hydrogen) atoms. The lowest BCUT2D eigenvalue weighted by Gasteiger charge is -2.11. The van der Waals surface area contributed by atoms with Crippen molar-refractivity contribution in [2.75, 3.05) is 0 Å². The van der Waals surface area contributed by atoms with Crippen molar-refractivity contribution in [1.82, 2.24) is 4.98 Å². The first kappa shape index (κ1) is 13.6. The van der Waals surface area contributed by atoms with Crippen molar-refractivity contribution < 1.29 is 14.6 Å². The van der Waals surface area contributed by atoms with E-state index in [1.807, 2.05) is 13.0 Å². The van der Waals surface area contributed by atoms with E-state index in [4.69, 9.17) is 15.1 Å². The van der Waals surface area contributed by atoms with Crippen LogP contribution in [0.4, 0.5) is 0 Å². The monoisotopic (exact) mass is 268 g/mol. The summed E-state index contributed by atoms with van der Waals surface area (Å²) in [5, 5.41) is 18.0. The van der Waals surface area contributed by atoms with Crippen LogP contribution < -0.4 is 4.74 Å². The van der Waals surface area contributed by atoms with Crippen molar-refractivity contribution in [2.24, 2.45) is 0 Å². The lowest BCUT2D eigenvalue weighted by molar-refractivity contribution is 0.0693. The molecule has 2 aromatic rings. The second-order valence-corrected chi connectivity index (χ2v) is 4.32. The van der Waals surface area contributed by atoms with Crippen molar-refractivity contribution in [3.63, 3.8) is 0 Å². The number of benzene rings is 1. The molecule has 0 aliphatic carbocycles. The summed E-state index contributed by atoms with van der Waals surface area (Å²) < 4.78 is 5.65. The number of carbonyl (C=O) groups is 1. The van der Waals surface area contributed by atoms with Crippen LogP contribution in [0.25, 0.3) is 0 Å². The van der Waals surface area contributed by atoms with Gasteiger partial charge < -0.3 is 9.84 Å². The number of aryl methyl sites for hydroxylation is 2. The zero-order chi connectivity index (χ0) is 14.7. The van der Waals surface area contributed by atoms with Crippen LogP contribution in [0.2, 0.25) is 0 Å². The quantitative estimate of drug-likeness (QED) is 0.924. The van der Waals surface area contributed by atoms with Crippen LogP contribution in [0.15, 0.2) is 30.5 Å². The van der Waals surface area contributed by atoms with Gasteiger partial charge in [0.25, 0.3) is 0 Å². The topological polar surface area (TPSA) is 83.2 Å². The Kier molecular flexibility index (Phi) is 3.67. The molecule has 0 aliphatic heterocycles. The normalized spacial score (nSPS) is 9.85. The molecule has 0 saturated heterocycles. The minimum absolute atomic E-state index is 0.0163. The molecule has 0 unspecified atom stereocenters. The smallest absolute Gasteiger partial charge is 0.341 e. The van der Waals surface area contributed by atoms with Gasteiger partial charge in [-0.15, -0.1) is 0 Å². The van der Waals surface area contributed by atoms with Crippen molar-refractivity contribution in [1.29, 1.82) is 5.26 Å². The second-order valence-electron chi connectivity index (χ2n) is 4.32. The van der Waals surface area contributed by atoms with E-state index < -0.39 is 5.97 Å². The SMILES string of the molecule is Cc1cc(Oc2cc(C#N)ccc2C)c(C(=O)O)cn1. The van der Waals surface area contributed by atoms with Gasteiger partial charge in [-0.1, -0.05) is 6.07 Å². The van der Waals surface area contributed by atoms with Gasteiger partial charge in [-0.25, -0.2) is 4.79 Å². The molecule has 1 heterocycles. The molecule has 0 spiro atoms. The fraction of sp³-hybridized carbons (Fsp3) is 0.133. The number of hydrogen-bond donors (Lipinski definition) is 1. The number of aromatic carboxylic acids is 1. The Balaban J connectivity index is 2.47. The summed E-state index contributed by atoms with van der Waals surface area (Å²) >= 11 is 0. The lowest BCUT2D eigenvalue weighted by atomic mass is 10.1. The van der Waals surface area contributed by atoms with E-state index >= 15 is 0 Å². The molecule has 0 radical (unpaired) electrons. The Morgan fingerprint density at radius 2 is 2.05 bits per heavy atom. The Hall–Kier alpha value is -2.87. The van der Waals surface area contributed by atoms with Gasteiger partial charge in [0.05, 0.1) is 11.6 Å². The third-order valence-corrected chi connectivity index (χ3v) is 2.77. The molecule has 2 rings (SSSR count). The van der Waals surface area contributed by atoms with Gasteiger partial charge in [0.1, 0.15) is 17.1 Å². The third kappa shape index (κ3) is 2.75. The molecule has 0 saturated carbocycles. The van der Waals surface area contributed by atoms with E-state index in [2.05, 4.69) is 4.98 Å². The fourth-order valence-corrected chi connectivity index (χ4v) is 1.68. The van der Waals surface area contributed by atoms with Crippen LogP contribution in [-0.4, -0.2) is 16.1 Å². The fourth-order valence-electron chi connectivity index (χ4n) is 1.68. The molecule has 1 aromatic carbocycles. The molecule has 1 N–H and O–H groups in total. The third-order valence-electron chi connectivity index (χ3n) is 2.77. The number of rotatable bonds is 3. The van der Waals surface area contributed by atoms with Gasteiger partial charge in [0, 0.05) is 18.0 Å². The zero-order valence-corrected chi connectivity index (χ0v) is 11.0. The molecule has 0 bridgehead atoms. The van der Waals surface area contributed by atoms with Gasteiger partial charge in [0.15, 0.2) is 0 Å². The van der Waals surface area contributed by atoms with E-state index in [-0.39, 0.29) is 11.3 Å². The molecule has 0 aliphatic rings. The molecule has 0 fully saturated rings. The highest BCUT2D eigenvalue weighted by Crippen LogP contribution is 2.29. The van der Waals surface area contributed by atoms with E-state index in [1.165, 1.54) is 6.20 Å². The van der Waals surface area contributed by atoms with Crippen LogP contribution in [0.3, 0.4) is 0 Å². The minimum Gasteiger partial charge on any atom is -0.477 e. The highest BCUT2D eigenvalue weighted by atomic mass is 16.5. The molecular weight excluding hydrogens is 256 g/mol. The van der Waals surface area contributed by atoms with Gasteiger partial charge in [-0.05, 0) is 31.5 Å². The molecule has 1 aromatic heterocycles. The average Bonchev–Trinajstić information content (AvgIpc) is 2.41. The van der Waals surface area contributed by atoms with Crippen molar-refractivity contribution in [2.45, 2.75) is 13.8 Å². The Labute approximate surface area is 116 Å². The maximum Gasteiger partial charge on any atom is 0.341 e. The summed E-state index contributed by atoms with van der Waals surface area (Å²) in [4.78, 5) is 15.1. The van der Waals surface area contributed by atoms with Crippen LogP contribution in [0.1, 0.15) is 27.2 Å². The average molecular weight is 268 g/mol. The Morgan fingerprint density at radius 1 is 1.30 bits per heavy atom. The van der Waals surface area contributed by atoms with Gasteiger partial charge in [0.2, 0.25) is 0 Å². The molecule has 0 amide bonds. The zero-order valence-electron chi connectivity index (χ0n) is 11.0. The summed E-state index contributed by atoms with van der Waals surface area (Å²) in [5.74, 6) is -0.443.